The van der Waals surface area contributed by atoms with Crippen molar-refractivity contribution in [3.8, 4) is 0 Å². The van der Waals surface area contributed by atoms with Gasteiger partial charge in [-0.15, -0.1) is 0 Å². The molecule has 0 bridgehead atoms. The lowest BCUT2D eigenvalue weighted by atomic mass is 9.97. The van der Waals surface area contributed by atoms with Crippen LogP contribution in [-0.4, -0.2) is 41.9 Å². The topological polar surface area (TPSA) is 52.7 Å². The Morgan fingerprint density at radius 3 is 2.61 bits per heavy atom. The second-order valence-corrected chi connectivity index (χ2v) is 7.46. The van der Waals surface area contributed by atoms with Crippen molar-refractivity contribution < 1.29 is 14.0 Å². The van der Waals surface area contributed by atoms with E-state index in [9.17, 15) is 14.0 Å². The number of amides is 3. The maximum Gasteiger partial charge on any atom is 0.321 e. The third-order valence-electron chi connectivity index (χ3n) is 5.22. The summed E-state index contributed by atoms with van der Waals surface area (Å²) in [5.74, 6) is -0.600. The Bertz CT molecular complexity index is 913. The van der Waals surface area contributed by atoms with Gasteiger partial charge in [0.05, 0.1) is 0 Å². The average Bonchev–Trinajstić information content (AvgIpc) is 2.64. The molecule has 3 amide bonds. The summed E-state index contributed by atoms with van der Waals surface area (Å²) in [4.78, 5) is 29.0. The first kappa shape index (κ1) is 19.9. The zero-order valence-corrected chi connectivity index (χ0v) is 16.8. The van der Waals surface area contributed by atoms with E-state index < -0.39 is 6.04 Å². The van der Waals surface area contributed by atoms with Crippen LogP contribution in [0.25, 0.3) is 0 Å². The molecule has 28 heavy (non-hydrogen) atoms. The standard InChI is InChI=1S/C22H26FN3O2/c1-14-5-6-17(15(2)11-14)13-25(4)22(28)26-10-9-24-21(27)20(26)19-8-7-18(23)12-16(19)3/h5-8,11-12,20H,9-10,13H2,1-4H3,(H,24,27)/t20-/m0/s1. The molecule has 1 aliphatic heterocycles. The molecule has 0 aromatic heterocycles. The number of nitrogens with one attached hydrogen (secondary N) is 1. The van der Waals surface area contributed by atoms with Gasteiger partial charge in [0.25, 0.3) is 0 Å². The Morgan fingerprint density at radius 2 is 1.93 bits per heavy atom. The Hall–Kier alpha value is -2.89. The van der Waals surface area contributed by atoms with E-state index in [1.807, 2.05) is 26.0 Å². The molecule has 0 aliphatic carbocycles. The monoisotopic (exact) mass is 383 g/mol. The lowest BCUT2D eigenvalue weighted by Crippen LogP contribution is -2.55. The zero-order chi connectivity index (χ0) is 20.4. The fraction of sp³-hybridized carbons (Fsp3) is 0.364. The van der Waals surface area contributed by atoms with Crippen molar-refractivity contribution in [1.82, 2.24) is 15.1 Å². The number of carbonyl (C=O) groups excluding carboxylic acids is 2. The molecule has 1 heterocycles. The average molecular weight is 383 g/mol. The Morgan fingerprint density at radius 1 is 1.18 bits per heavy atom. The summed E-state index contributed by atoms with van der Waals surface area (Å²) in [5.41, 5.74) is 4.66. The summed E-state index contributed by atoms with van der Waals surface area (Å²) >= 11 is 0. The molecule has 3 rings (SSSR count). The molecule has 0 unspecified atom stereocenters. The molecule has 0 saturated carbocycles. The van der Waals surface area contributed by atoms with Gasteiger partial charge in [-0.05, 0) is 55.2 Å². The molecule has 1 saturated heterocycles. The van der Waals surface area contributed by atoms with Crippen molar-refractivity contribution in [2.24, 2.45) is 0 Å². The van der Waals surface area contributed by atoms with Gasteiger partial charge in [0.2, 0.25) is 5.91 Å². The van der Waals surface area contributed by atoms with E-state index in [-0.39, 0.29) is 17.8 Å². The molecule has 6 heteroatoms. The normalized spacial score (nSPS) is 16.7. The van der Waals surface area contributed by atoms with Crippen molar-refractivity contribution >= 4 is 11.9 Å². The largest absolute Gasteiger partial charge is 0.352 e. The van der Waals surface area contributed by atoms with Crippen molar-refractivity contribution in [3.05, 3.63) is 70.0 Å². The first-order valence-corrected chi connectivity index (χ1v) is 9.39. The van der Waals surface area contributed by atoms with Crippen LogP contribution in [0.3, 0.4) is 0 Å². The van der Waals surface area contributed by atoms with Crippen LogP contribution < -0.4 is 5.32 Å². The van der Waals surface area contributed by atoms with E-state index in [0.717, 1.165) is 11.1 Å². The van der Waals surface area contributed by atoms with E-state index in [0.29, 0.717) is 30.8 Å². The molecule has 1 aliphatic rings. The second kappa shape index (κ2) is 8.00. The van der Waals surface area contributed by atoms with E-state index >= 15 is 0 Å². The summed E-state index contributed by atoms with van der Waals surface area (Å²) in [6.07, 6.45) is 0. The van der Waals surface area contributed by atoms with Crippen molar-refractivity contribution in [1.29, 1.82) is 0 Å². The molecule has 2 aromatic carbocycles. The number of aryl methyl sites for hydroxylation is 3. The minimum Gasteiger partial charge on any atom is -0.352 e. The number of nitrogens with zero attached hydrogens (tertiary/aromatic N) is 2. The van der Waals surface area contributed by atoms with Crippen molar-refractivity contribution in [2.45, 2.75) is 33.4 Å². The summed E-state index contributed by atoms with van der Waals surface area (Å²) in [6, 6.07) is 9.47. The van der Waals surface area contributed by atoms with E-state index in [4.69, 9.17) is 0 Å². The minimum absolute atomic E-state index is 0.219. The maximum atomic E-state index is 13.5. The highest BCUT2D eigenvalue weighted by molar-refractivity contribution is 5.89. The lowest BCUT2D eigenvalue weighted by Gasteiger charge is -2.38. The van der Waals surface area contributed by atoms with E-state index in [1.165, 1.54) is 17.7 Å². The van der Waals surface area contributed by atoms with Gasteiger partial charge in [-0.2, -0.15) is 0 Å². The molecule has 0 radical (unpaired) electrons. The van der Waals surface area contributed by atoms with Crippen LogP contribution in [0.5, 0.6) is 0 Å². The van der Waals surface area contributed by atoms with E-state index in [2.05, 4.69) is 11.4 Å². The SMILES string of the molecule is Cc1ccc(CN(C)C(=O)N2CCNC(=O)[C@@H]2c2ccc(F)cc2C)c(C)c1. The predicted octanol–water partition coefficient (Wildman–Crippen LogP) is 3.48. The minimum atomic E-state index is -0.761. The van der Waals surface area contributed by atoms with Crippen LogP contribution in [0, 0.1) is 26.6 Å². The number of rotatable bonds is 3. The van der Waals surface area contributed by atoms with Gasteiger partial charge in [-0.1, -0.05) is 29.8 Å². The number of carbonyl (C=O) groups is 2. The number of urea groups is 1. The predicted molar refractivity (Wildman–Crippen MR) is 106 cm³/mol. The van der Waals surface area contributed by atoms with Gasteiger partial charge in [0, 0.05) is 26.7 Å². The van der Waals surface area contributed by atoms with Gasteiger partial charge in [0.15, 0.2) is 0 Å². The van der Waals surface area contributed by atoms with Crippen LogP contribution >= 0.6 is 0 Å². The lowest BCUT2D eigenvalue weighted by molar-refractivity contribution is -0.128. The van der Waals surface area contributed by atoms with Gasteiger partial charge < -0.3 is 15.1 Å². The number of benzene rings is 2. The molecule has 148 valence electrons. The molecule has 0 spiro atoms. The van der Waals surface area contributed by atoms with Crippen LogP contribution in [0.2, 0.25) is 0 Å². The highest BCUT2D eigenvalue weighted by Crippen LogP contribution is 2.28. The molecule has 5 nitrogen and oxygen atoms in total. The molecule has 2 aromatic rings. The van der Waals surface area contributed by atoms with Gasteiger partial charge in [-0.3, -0.25) is 4.79 Å². The quantitative estimate of drug-likeness (QED) is 0.882. The molecular formula is C22H26FN3O2. The number of hydrogen-bond acceptors (Lipinski definition) is 2. The third-order valence-corrected chi connectivity index (χ3v) is 5.22. The Balaban J connectivity index is 1.86. The molecule has 1 atom stereocenters. The first-order valence-electron chi connectivity index (χ1n) is 9.39. The zero-order valence-electron chi connectivity index (χ0n) is 16.8. The van der Waals surface area contributed by atoms with Crippen LogP contribution in [-0.2, 0) is 11.3 Å². The van der Waals surface area contributed by atoms with Crippen molar-refractivity contribution in [3.63, 3.8) is 0 Å². The second-order valence-electron chi connectivity index (χ2n) is 7.46. The molecule has 1 N–H and O–H groups in total. The number of piperazine rings is 1. The Labute approximate surface area is 165 Å². The maximum absolute atomic E-state index is 13.5. The fourth-order valence-electron chi connectivity index (χ4n) is 3.69. The summed E-state index contributed by atoms with van der Waals surface area (Å²) in [5, 5.41) is 2.82. The van der Waals surface area contributed by atoms with Gasteiger partial charge in [-0.25, -0.2) is 9.18 Å². The molecule has 1 fully saturated rings. The van der Waals surface area contributed by atoms with Crippen LogP contribution in [0.15, 0.2) is 36.4 Å². The first-order chi connectivity index (χ1) is 13.3. The van der Waals surface area contributed by atoms with Crippen molar-refractivity contribution in [2.75, 3.05) is 20.1 Å². The number of halogens is 1. The highest BCUT2D eigenvalue weighted by Gasteiger charge is 2.36. The fourth-order valence-corrected chi connectivity index (χ4v) is 3.69. The number of hydrogen-bond donors (Lipinski definition) is 1. The van der Waals surface area contributed by atoms with Crippen LogP contribution in [0.4, 0.5) is 9.18 Å². The Kier molecular flexibility index (Phi) is 5.68. The van der Waals surface area contributed by atoms with Gasteiger partial charge >= 0.3 is 6.03 Å². The molecular weight excluding hydrogens is 357 g/mol. The van der Waals surface area contributed by atoms with Gasteiger partial charge in [0.1, 0.15) is 11.9 Å². The highest BCUT2D eigenvalue weighted by atomic mass is 19.1. The summed E-state index contributed by atoms with van der Waals surface area (Å²) < 4.78 is 13.5. The summed E-state index contributed by atoms with van der Waals surface area (Å²) in [7, 11) is 1.74. The third kappa shape index (κ3) is 4.01. The summed E-state index contributed by atoms with van der Waals surface area (Å²) in [6.45, 7) is 7.08. The smallest absolute Gasteiger partial charge is 0.321 e. The van der Waals surface area contributed by atoms with Crippen LogP contribution in [0.1, 0.15) is 33.9 Å². The van der Waals surface area contributed by atoms with E-state index in [1.54, 1.807) is 29.8 Å².